The summed E-state index contributed by atoms with van der Waals surface area (Å²) in [6, 6.07) is 38.6. The fourth-order valence-electron chi connectivity index (χ4n) is 8.96. The van der Waals surface area contributed by atoms with Gasteiger partial charge >= 0.3 is 335 Å². The molecule has 2 aliphatic carbocycles. The van der Waals surface area contributed by atoms with Gasteiger partial charge in [0.1, 0.15) is 0 Å². The SMILES string of the molecule is O=C(Nc1ccc(F)[c]([Ti]([C]2=CC=CC2)([C]2=CC=CC2)[c]2c(F)ccc(NC(=O)c3ccccc3CCCc3ccccc3)c2F)c1F)c1ccccc1CCCc1ccccc1. The number of amides is 2. The number of nitrogens with one attached hydrogen (secondary N) is 2. The van der Waals surface area contributed by atoms with Crippen molar-refractivity contribution in [3.63, 3.8) is 0 Å². The van der Waals surface area contributed by atoms with E-state index >= 15 is 17.6 Å². The molecule has 0 aromatic heterocycles. The molecule has 0 atom stereocenters. The molecule has 6 aromatic rings. The summed E-state index contributed by atoms with van der Waals surface area (Å²) in [6.07, 6.45) is 15.2. The molecule has 0 unspecified atom stereocenters. The number of carbonyl (C=O) groups excluding carboxylic acids is 2. The summed E-state index contributed by atoms with van der Waals surface area (Å²) in [5.41, 5.74) is 3.94. The molecule has 4 nitrogen and oxygen atoms in total. The van der Waals surface area contributed by atoms with Gasteiger partial charge in [0.2, 0.25) is 0 Å². The number of anilines is 2. The van der Waals surface area contributed by atoms with Crippen LogP contribution in [0.5, 0.6) is 0 Å². The Labute approximate surface area is 369 Å². The van der Waals surface area contributed by atoms with E-state index < -0.39 is 59.4 Å². The molecule has 0 heterocycles. The molecule has 0 radical (unpaired) electrons. The Morgan fingerprint density at radius 2 is 0.873 bits per heavy atom. The van der Waals surface area contributed by atoms with Crippen molar-refractivity contribution in [1.29, 1.82) is 0 Å². The van der Waals surface area contributed by atoms with E-state index in [0.29, 0.717) is 31.7 Å². The molecule has 9 heteroatoms. The molecule has 0 saturated heterocycles. The summed E-state index contributed by atoms with van der Waals surface area (Å²) in [7, 11) is 0. The molecule has 0 aliphatic heterocycles. The van der Waals surface area contributed by atoms with E-state index in [0.717, 1.165) is 61.1 Å². The van der Waals surface area contributed by atoms with Gasteiger partial charge in [0, 0.05) is 0 Å². The number of aryl methyl sites for hydroxylation is 4. The normalized spacial score (nSPS) is 13.2. The average molecular weight is 879 g/mol. The predicted molar refractivity (Wildman–Crippen MR) is 241 cm³/mol. The monoisotopic (exact) mass is 878 g/mol. The van der Waals surface area contributed by atoms with Crippen LogP contribution in [0.3, 0.4) is 0 Å². The van der Waals surface area contributed by atoms with Crippen molar-refractivity contribution in [2.24, 2.45) is 0 Å². The van der Waals surface area contributed by atoms with Gasteiger partial charge in [-0.15, -0.1) is 0 Å². The van der Waals surface area contributed by atoms with E-state index in [1.54, 1.807) is 60.7 Å². The molecule has 2 amide bonds. The van der Waals surface area contributed by atoms with E-state index in [1.165, 1.54) is 11.1 Å². The number of hydrogen-bond donors (Lipinski definition) is 2. The number of halogens is 4. The second-order valence-corrected chi connectivity index (χ2v) is 21.8. The summed E-state index contributed by atoms with van der Waals surface area (Å²) >= 11 is -5.33. The van der Waals surface area contributed by atoms with Crippen molar-refractivity contribution in [1.82, 2.24) is 0 Å². The van der Waals surface area contributed by atoms with Crippen LogP contribution < -0.4 is 18.4 Å². The Morgan fingerprint density at radius 3 is 1.27 bits per heavy atom. The first-order chi connectivity index (χ1) is 30.8. The summed E-state index contributed by atoms with van der Waals surface area (Å²) in [5, 5.41) is 5.39. The van der Waals surface area contributed by atoms with Gasteiger partial charge in [-0.05, 0) is 0 Å². The van der Waals surface area contributed by atoms with Gasteiger partial charge in [0.15, 0.2) is 0 Å². The Hall–Kier alpha value is -6.35. The fourth-order valence-corrected chi connectivity index (χ4v) is 17.2. The van der Waals surface area contributed by atoms with Crippen molar-refractivity contribution in [3.05, 3.63) is 234 Å². The van der Waals surface area contributed by atoms with Gasteiger partial charge in [-0.2, -0.15) is 0 Å². The second-order valence-electron chi connectivity index (χ2n) is 15.9. The van der Waals surface area contributed by atoms with Crippen LogP contribution in [0, 0.1) is 23.3 Å². The maximum atomic E-state index is 17.6. The van der Waals surface area contributed by atoms with Gasteiger partial charge in [-0.25, -0.2) is 0 Å². The first-order valence-electron chi connectivity index (χ1n) is 21.3. The molecule has 6 aromatic carbocycles. The predicted octanol–water partition coefficient (Wildman–Crippen LogP) is 11.9. The van der Waals surface area contributed by atoms with Crippen LogP contribution in [0.1, 0.15) is 68.7 Å². The van der Waals surface area contributed by atoms with Gasteiger partial charge in [0.05, 0.1) is 0 Å². The molecule has 8 rings (SSSR count). The molecule has 0 spiro atoms. The Morgan fingerprint density at radius 1 is 0.476 bits per heavy atom. The smallest absolute Gasteiger partial charge is 0.0622 e. The zero-order valence-corrected chi connectivity index (χ0v) is 36.2. The number of carbonyl (C=O) groups is 2. The molecule has 0 saturated carbocycles. The third-order valence-electron chi connectivity index (χ3n) is 12.0. The number of benzene rings is 6. The van der Waals surface area contributed by atoms with Gasteiger partial charge in [-0.1, -0.05) is 36.4 Å². The fraction of sp³-hybridized carbons (Fsp3) is 0.148. The first kappa shape index (κ1) is 43.3. The Balaban J connectivity index is 1.15. The average Bonchev–Trinajstić information content (AvgIpc) is 4.06. The third-order valence-corrected chi connectivity index (χ3v) is 19.9. The zero-order chi connectivity index (χ0) is 43.8. The standard InChI is InChI=1S/2C22H18F2NO.2C5H5.Ti/c2*23-18-13-14-21(20(24)15-18)25-22(26)19-12-5-4-10-17(19)11-6-9-16-7-2-1-3-8-16;2*1-2-4-5-3-1;/h2*1-5,7-8,10,12-14H,6,9,11H2,(H,25,26);2*1-3H,4H2;. The van der Waals surface area contributed by atoms with Crippen molar-refractivity contribution in [2.75, 3.05) is 10.6 Å². The van der Waals surface area contributed by atoms with Crippen LogP contribution in [0.4, 0.5) is 28.9 Å². The van der Waals surface area contributed by atoms with Crippen molar-refractivity contribution in [2.45, 2.75) is 51.4 Å². The molecule has 0 fully saturated rings. The van der Waals surface area contributed by atoms with E-state index in [2.05, 4.69) is 10.6 Å². The minimum Gasteiger partial charge on any atom is -0.0622 e. The number of allylic oxidation sites excluding steroid dienone is 8. The maximum absolute atomic E-state index is 17.6. The summed E-state index contributed by atoms with van der Waals surface area (Å²) in [6.45, 7) is 0. The quantitative estimate of drug-likeness (QED) is 0.0752. The van der Waals surface area contributed by atoms with Crippen LogP contribution in [0.25, 0.3) is 0 Å². The van der Waals surface area contributed by atoms with E-state index in [1.807, 2.05) is 84.9 Å². The van der Waals surface area contributed by atoms with E-state index in [4.69, 9.17) is 0 Å². The number of rotatable bonds is 16. The topological polar surface area (TPSA) is 58.2 Å². The van der Waals surface area contributed by atoms with Crippen LogP contribution in [-0.2, 0) is 42.3 Å². The van der Waals surface area contributed by atoms with Gasteiger partial charge in [-0.3, -0.25) is 0 Å². The van der Waals surface area contributed by atoms with Crippen molar-refractivity contribution in [3.8, 4) is 0 Å². The van der Waals surface area contributed by atoms with E-state index in [-0.39, 0.29) is 24.2 Å². The van der Waals surface area contributed by atoms with E-state index in [9.17, 15) is 9.59 Å². The minimum absolute atomic E-state index is 0.203. The summed E-state index contributed by atoms with van der Waals surface area (Å²) in [5.74, 6) is -5.34. The Bertz CT molecular complexity index is 2590. The summed E-state index contributed by atoms with van der Waals surface area (Å²) < 4.78 is 69.0. The molecule has 0 bridgehead atoms. The summed E-state index contributed by atoms with van der Waals surface area (Å²) in [4.78, 5) is 28.0. The zero-order valence-electron chi connectivity index (χ0n) is 34.7. The first-order valence-corrected chi connectivity index (χ1v) is 24.4. The number of hydrogen-bond acceptors (Lipinski definition) is 2. The van der Waals surface area contributed by atoms with Crippen LogP contribution in [0.15, 0.2) is 178 Å². The minimum atomic E-state index is -5.33. The van der Waals surface area contributed by atoms with Crippen LogP contribution in [-0.4, -0.2) is 11.8 Å². The molecule has 63 heavy (non-hydrogen) atoms. The molecular formula is C54H46F4N2O2Ti. The molecule has 316 valence electrons. The second kappa shape index (κ2) is 19.8. The van der Waals surface area contributed by atoms with Crippen molar-refractivity contribution < 1.29 is 43.7 Å². The van der Waals surface area contributed by atoms with Crippen LogP contribution >= 0.6 is 0 Å². The molecular weight excluding hydrogens is 832 g/mol. The molecule has 2 N–H and O–H groups in total. The third kappa shape index (κ3) is 9.24. The molecule has 2 aliphatic rings. The van der Waals surface area contributed by atoms with Gasteiger partial charge in [0.25, 0.3) is 0 Å². The van der Waals surface area contributed by atoms with Gasteiger partial charge < -0.3 is 0 Å². The van der Waals surface area contributed by atoms with Crippen LogP contribution in [0.2, 0.25) is 0 Å². The van der Waals surface area contributed by atoms with Crippen molar-refractivity contribution >= 4 is 30.9 Å². The Kier molecular flexibility index (Phi) is 13.6.